The predicted molar refractivity (Wildman–Crippen MR) is 91.6 cm³/mol. The van der Waals surface area contributed by atoms with E-state index < -0.39 is 0 Å². The zero-order chi connectivity index (χ0) is 13.9. The van der Waals surface area contributed by atoms with Gasteiger partial charge in [-0.1, -0.05) is 23.9 Å². The van der Waals surface area contributed by atoms with Crippen LogP contribution in [0.5, 0.6) is 0 Å². The number of thioether (sulfide) groups is 1. The summed E-state index contributed by atoms with van der Waals surface area (Å²) in [5.74, 6) is 0.688. The minimum absolute atomic E-state index is 0. The van der Waals surface area contributed by atoms with Crippen LogP contribution in [-0.2, 0) is 4.79 Å². The molecule has 21 heavy (non-hydrogen) atoms. The normalized spacial score (nSPS) is 18.5. The second-order valence-electron chi connectivity index (χ2n) is 4.88. The third-order valence-electron chi connectivity index (χ3n) is 3.42. The lowest BCUT2D eigenvalue weighted by atomic mass is 10.2. The third-order valence-corrected chi connectivity index (χ3v) is 5.58. The van der Waals surface area contributed by atoms with E-state index in [-0.39, 0.29) is 24.4 Å². The van der Waals surface area contributed by atoms with E-state index in [2.05, 4.69) is 23.3 Å². The molecule has 4 nitrogen and oxygen atoms in total. The maximum absolute atomic E-state index is 12.3. The fourth-order valence-electron chi connectivity index (χ4n) is 2.33. The standard InChI is InChI=1S/C14H17N3OS2.ClH/c1-10-8-15-6-7-17(10)13(18)9-19-14-16-11-4-2-3-5-12(11)20-14;/h2-5,10,15H,6-9H2,1H3;1H/t10-;/m0./s1. The number of nitrogens with one attached hydrogen (secondary N) is 1. The number of thiazole rings is 1. The van der Waals surface area contributed by atoms with Gasteiger partial charge in [0.25, 0.3) is 0 Å². The lowest BCUT2D eigenvalue weighted by molar-refractivity contribution is -0.131. The van der Waals surface area contributed by atoms with Gasteiger partial charge in [-0.15, -0.1) is 23.7 Å². The minimum atomic E-state index is 0. The number of para-hydroxylation sites is 1. The number of carbonyl (C=O) groups is 1. The van der Waals surface area contributed by atoms with Crippen LogP contribution in [0.3, 0.4) is 0 Å². The van der Waals surface area contributed by atoms with Crippen molar-refractivity contribution in [3.63, 3.8) is 0 Å². The van der Waals surface area contributed by atoms with Gasteiger partial charge >= 0.3 is 0 Å². The van der Waals surface area contributed by atoms with Crippen molar-refractivity contribution in [2.75, 3.05) is 25.4 Å². The highest BCUT2D eigenvalue weighted by molar-refractivity contribution is 8.01. The van der Waals surface area contributed by atoms with Crippen LogP contribution in [0.4, 0.5) is 0 Å². The molecule has 1 fully saturated rings. The van der Waals surface area contributed by atoms with Gasteiger partial charge in [-0.2, -0.15) is 0 Å². The molecule has 3 rings (SSSR count). The quantitative estimate of drug-likeness (QED) is 0.870. The molecule has 1 atom stereocenters. The van der Waals surface area contributed by atoms with Gasteiger partial charge in [-0.05, 0) is 19.1 Å². The van der Waals surface area contributed by atoms with Crippen LogP contribution < -0.4 is 5.32 Å². The summed E-state index contributed by atoms with van der Waals surface area (Å²) in [4.78, 5) is 18.8. The Bertz CT molecular complexity index is 586. The van der Waals surface area contributed by atoms with E-state index in [4.69, 9.17) is 0 Å². The molecular formula is C14H18ClN3OS2. The number of rotatable bonds is 3. The molecule has 0 aliphatic carbocycles. The van der Waals surface area contributed by atoms with Crippen molar-refractivity contribution in [1.29, 1.82) is 0 Å². The van der Waals surface area contributed by atoms with Crippen LogP contribution in [0.15, 0.2) is 28.6 Å². The molecule has 7 heteroatoms. The van der Waals surface area contributed by atoms with E-state index in [0.29, 0.717) is 5.75 Å². The van der Waals surface area contributed by atoms with Crippen molar-refractivity contribution < 1.29 is 4.79 Å². The highest BCUT2D eigenvalue weighted by Gasteiger charge is 2.23. The summed E-state index contributed by atoms with van der Waals surface area (Å²) < 4.78 is 2.15. The topological polar surface area (TPSA) is 45.2 Å². The number of piperazine rings is 1. The van der Waals surface area contributed by atoms with E-state index in [0.717, 1.165) is 29.5 Å². The Kier molecular flexibility index (Phi) is 5.87. The summed E-state index contributed by atoms with van der Waals surface area (Å²) in [7, 11) is 0. The molecule has 2 heterocycles. The first-order valence-corrected chi connectivity index (χ1v) is 8.53. The van der Waals surface area contributed by atoms with Crippen LogP contribution >= 0.6 is 35.5 Å². The van der Waals surface area contributed by atoms with Gasteiger partial charge in [0.1, 0.15) is 0 Å². The maximum atomic E-state index is 12.3. The fraction of sp³-hybridized carbons (Fsp3) is 0.429. The SMILES string of the molecule is C[C@H]1CNCCN1C(=O)CSc1nc2ccccc2s1.Cl. The smallest absolute Gasteiger partial charge is 0.233 e. The Morgan fingerprint density at radius 1 is 1.52 bits per heavy atom. The maximum Gasteiger partial charge on any atom is 0.233 e. The Balaban J connectivity index is 0.00000161. The van der Waals surface area contributed by atoms with Crippen LogP contribution in [0, 0.1) is 0 Å². The van der Waals surface area contributed by atoms with Gasteiger partial charge < -0.3 is 10.2 Å². The molecule has 0 saturated carbocycles. The molecule has 1 saturated heterocycles. The second-order valence-corrected chi connectivity index (χ2v) is 7.13. The highest BCUT2D eigenvalue weighted by atomic mass is 35.5. The first kappa shape index (κ1) is 16.5. The molecule has 1 N–H and O–H groups in total. The van der Waals surface area contributed by atoms with Crippen LogP contribution in [0.1, 0.15) is 6.92 Å². The lowest BCUT2D eigenvalue weighted by Gasteiger charge is -2.33. The van der Waals surface area contributed by atoms with E-state index in [1.54, 1.807) is 23.1 Å². The van der Waals surface area contributed by atoms with Crippen molar-refractivity contribution in [2.45, 2.75) is 17.3 Å². The van der Waals surface area contributed by atoms with E-state index in [1.165, 1.54) is 4.70 Å². The third kappa shape index (κ3) is 3.88. The largest absolute Gasteiger partial charge is 0.337 e. The zero-order valence-corrected chi connectivity index (χ0v) is 14.2. The van der Waals surface area contributed by atoms with E-state index in [9.17, 15) is 4.79 Å². The molecule has 1 aromatic heterocycles. The van der Waals surface area contributed by atoms with Crippen LogP contribution in [0.2, 0.25) is 0 Å². The van der Waals surface area contributed by atoms with Crippen LogP contribution in [0.25, 0.3) is 10.2 Å². The molecule has 0 unspecified atom stereocenters. The zero-order valence-electron chi connectivity index (χ0n) is 11.7. The predicted octanol–water partition coefficient (Wildman–Crippen LogP) is 2.63. The van der Waals surface area contributed by atoms with Gasteiger partial charge in [0.15, 0.2) is 4.34 Å². The Labute approximate surface area is 138 Å². The van der Waals surface area contributed by atoms with Crippen molar-refractivity contribution in [3.8, 4) is 0 Å². The second kappa shape index (κ2) is 7.45. The number of benzene rings is 1. The van der Waals surface area contributed by atoms with Gasteiger partial charge in [0, 0.05) is 25.7 Å². The first-order valence-electron chi connectivity index (χ1n) is 6.72. The lowest BCUT2D eigenvalue weighted by Crippen LogP contribution is -2.52. The monoisotopic (exact) mass is 343 g/mol. The summed E-state index contributed by atoms with van der Waals surface area (Å²) in [5.41, 5.74) is 1.02. The molecule has 114 valence electrons. The molecule has 1 aromatic carbocycles. The number of carbonyl (C=O) groups excluding carboxylic acids is 1. The fourth-order valence-corrected chi connectivity index (χ4v) is 4.29. The number of amides is 1. The Hall–Kier alpha value is -0.820. The molecule has 0 bridgehead atoms. The van der Waals surface area contributed by atoms with Crippen molar-refractivity contribution >= 4 is 51.6 Å². The van der Waals surface area contributed by atoms with E-state index >= 15 is 0 Å². The summed E-state index contributed by atoms with van der Waals surface area (Å²) in [6.45, 7) is 4.67. The molecule has 1 aliphatic rings. The molecule has 0 radical (unpaired) electrons. The molecule has 1 amide bonds. The number of aromatic nitrogens is 1. The van der Waals surface area contributed by atoms with Gasteiger partial charge in [0.05, 0.1) is 16.0 Å². The average Bonchev–Trinajstić information content (AvgIpc) is 2.88. The first-order chi connectivity index (χ1) is 9.74. The van der Waals surface area contributed by atoms with Crippen molar-refractivity contribution in [2.24, 2.45) is 0 Å². The minimum Gasteiger partial charge on any atom is -0.337 e. The number of halogens is 1. The van der Waals surface area contributed by atoms with Crippen molar-refractivity contribution in [1.82, 2.24) is 15.2 Å². The van der Waals surface area contributed by atoms with Gasteiger partial charge in [-0.25, -0.2) is 4.98 Å². The number of hydrogen-bond acceptors (Lipinski definition) is 5. The van der Waals surface area contributed by atoms with Crippen LogP contribution in [-0.4, -0.2) is 47.2 Å². The van der Waals surface area contributed by atoms with Gasteiger partial charge in [0.2, 0.25) is 5.91 Å². The Morgan fingerprint density at radius 3 is 3.10 bits per heavy atom. The molecule has 0 spiro atoms. The number of hydrogen-bond donors (Lipinski definition) is 1. The summed E-state index contributed by atoms with van der Waals surface area (Å²) in [5, 5.41) is 3.30. The summed E-state index contributed by atoms with van der Waals surface area (Å²) >= 11 is 3.20. The molecular weight excluding hydrogens is 326 g/mol. The molecule has 1 aliphatic heterocycles. The average molecular weight is 344 g/mol. The number of fused-ring (bicyclic) bond motifs is 1. The summed E-state index contributed by atoms with van der Waals surface area (Å²) in [6.07, 6.45) is 0. The summed E-state index contributed by atoms with van der Waals surface area (Å²) in [6, 6.07) is 8.37. The van der Waals surface area contributed by atoms with E-state index in [1.807, 2.05) is 23.1 Å². The molecule has 2 aromatic rings. The van der Waals surface area contributed by atoms with Crippen molar-refractivity contribution in [3.05, 3.63) is 24.3 Å². The van der Waals surface area contributed by atoms with Gasteiger partial charge in [-0.3, -0.25) is 4.79 Å². The Morgan fingerprint density at radius 2 is 2.33 bits per heavy atom. The number of nitrogens with zero attached hydrogens (tertiary/aromatic N) is 2. The highest BCUT2D eigenvalue weighted by Crippen LogP contribution is 2.29.